The van der Waals surface area contributed by atoms with Crippen molar-refractivity contribution in [3.63, 3.8) is 0 Å². The van der Waals surface area contributed by atoms with Gasteiger partial charge in [0.25, 0.3) is 5.91 Å². The summed E-state index contributed by atoms with van der Waals surface area (Å²) in [5.74, 6) is 1.32. The van der Waals surface area contributed by atoms with Gasteiger partial charge in [-0.15, -0.1) is 0 Å². The van der Waals surface area contributed by atoms with E-state index in [0.29, 0.717) is 41.6 Å². The van der Waals surface area contributed by atoms with E-state index in [1.165, 1.54) is 12.5 Å². The lowest BCUT2D eigenvalue weighted by molar-refractivity contribution is 0.102. The number of H-pyrrole nitrogens is 2. The zero-order chi connectivity index (χ0) is 20.9. The Hall–Kier alpha value is -3.85. The Morgan fingerprint density at radius 3 is 2.83 bits per heavy atom. The van der Waals surface area contributed by atoms with Crippen LogP contribution >= 0.6 is 0 Å². The highest BCUT2D eigenvalue weighted by Crippen LogP contribution is 2.35. The summed E-state index contributed by atoms with van der Waals surface area (Å²) in [6.45, 7) is 0.972. The maximum Gasteiger partial charge on any atom is 0.276 e. The Morgan fingerprint density at radius 1 is 1.17 bits per heavy atom. The van der Waals surface area contributed by atoms with Crippen LogP contribution in [0.25, 0.3) is 22.2 Å². The van der Waals surface area contributed by atoms with Gasteiger partial charge < -0.3 is 24.2 Å². The van der Waals surface area contributed by atoms with Gasteiger partial charge in [0.2, 0.25) is 5.95 Å². The van der Waals surface area contributed by atoms with Crippen LogP contribution in [-0.4, -0.2) is 53.3 Å². The molecular formula is C21H21N5O4. The quantitative estimate of drug-likeness (QED) is 0.386. The second-order valence-corrected chi connectivity index (χ2v) is 6.41. The number of carbonyl (C=O) groups excluding carboxylic acids is 1. The molecule has 0 aliphatic rings. The normalized spacial score (nSPS) is 10.9. The summed E-state index contributed by atoms with van der Waals surface area (Å²) in [5, 5.41) is 2.74. The number of nitrogens with one attached hydrogen (secondary N) is 3. The molecule has 4 rings (SSSR count). The number of aromatic nitrogens is 4. The highest BCUT2D eigenvalue weighted by Gasteiger charge is 2.16. The molecule has 0 radical (unpaired) electrons. The van der Waals surface area contributed by atoms with E-state index in [2.05, 4.69) is 25.3 Å². The maximum absolute atomic E-state index is 12.3. The number of aromatic amines is 2. The average molecular weight is 407 g/mol. The number of benzene rings is 2. The molecule has 9 nitrogen and oxygen atoms in total. The lowest BCUT2D eigenvalue weighted by Crippen LogP contribution is -2.13. The number of rotatable bonds is 8. The third kappa shape index (κ3) is 3.96. The molecule has 0 spiro atoms. The van der Waals surface area contributed by atoms with Gasteiger partial charge in [-0.2, -0.15) is 0 Å². The summed E-state index contributed by atoms with van der Waals surface area (Å²) in [6.07, 6.45) is 2.88. The smallest absolute Gasteiger partial charge is 0.276 e. The first kappa shape index (κ1) is 19.5. The molecule has 154 valence electrons. The number of fused-ring (bicyclic) bond motifs is 1. The standard InChI is InChI=1S/C21H21N5O4/c1-28-8-9-30-14-5-3-4-13(10-14)15-6-7-17(29-2)19-18(15)24-21(25-19)26-20(27)16-11-22-12-23-16/h3-7,10-12H,8-9H2,1-2H3,(H,22,23)(H2,24,25,26,27). The highest BCUT2D eigenvalue weighted by molar-refractivity contribution is 6.04. The van der Waals surface area contributed by atoms with Crippen molar-refractivity contribution < 1.29 is 19.0 Å². The van der Waals surface area contributed by atoms with Gasteiger partial charge in [0.1, 0.15) is 34.8 Å². The zero-order valence-corrected chi connectivity index (χ0v) is 16.6. The molecular weight excluding hydrogens is 386 g/mol. The number of carbonyl (C=O) groups is 1. The fourth-order valence-electron chi connectivity index (χ4n) is 3.08. The van der Waals surface area contributed by atoms with Crippen molar-refractivity contribution in [2.45, 2.75) is 0 Å². The minimum Gasteiger partial charge on any atom is -0.494 e. The molecule has 3 N–H and O–H groups in total. The van der Waals surface area contributed by atoms with Crippen molar-refractivity contribution in [3.05, 3.63) is 54.6 Å². The number of amides is 1. The lowest BCUT2D eigenvalue weighted by atomic mass is 10.0. The summed E-state index contributed by atoms with van der Waals surface area (Å²) in [4.78, 5) is 26.7. The first-order valence-corrected chi connectivity index (χ1v) is 9.28. The van der Waals surface area contributed by atoms with E-state index in [4.69, 9.17) is 14.2 Å². The van der Waals surface area contributed by atoms with Crippen LogP contribution in [0.2, 0.25) is 0 Å². The molecule has 0 fully saturated rings. The van der Waals surface area contributed by atoms with Gasteiger partial charge in [-0.1, -0.05) is 12.1 Å². The van der Waals surface area contributed by atoms with Gasteiger partial charge >= 0.3 is 0 Å². The van der Waals surface area contributed by atoms with Crippen LogP contribution < -0.4 is 14.8 Å². The second-order valence-electron chi connectivity index (χ2n) is 6.41. The summed E-state index contributed by atoms with van der Waals surface area (Å²) >= 11 is 0. The van der Waals surface area contributed by atoms with Crippen molar-refractivity contribution >= 4 is 22.9 Å². The molecule has 0 unspecified atom stereocenters. The van der Waals surface area contributed by atoms with Crippen LogP contribution in [0.3, 0.4) is 0 Å². The van der Waals surface area contributed by atoms with E-state index >= 15 is 0 Å². The van der Waals surface area contributed by atoms with E-state index in [1.54, 1.807) is 14.2 Å². The number of hydrogen-bond acceptors (Lipinski definition) is 6. The second kappa shape index (κ2) is 8.66. The molecule has 30 heavy (non-hydrogen) atoms. The Morgan fingerprint density at radius 2 is 2.07 bits per heavy atom. The van der Waals surface area contributed by atoms with Gasteiger partial charge in [-0.25, -0.2) is 9.97 Å². The Balaban J connectivity index is 1.69. The van der Waals surface area contributed by atoms with Crippen molar-refractivity contribution in [1.29, 1.82) is 0 Å². The van der Waals surface area contributed by atoms with Gasteiger partial charge in [0.15, 0.2) is 0 Å². The van der Waals surface area contributed by atoms with Crippen molar-refractivity contribution in [1.82, 2.24) is 19.9 Å². The van der Waals surface area contributed by atoms with E-state index in [-0.39, 0.29) is 5.91 Å². The number of ether oxygens (including phenoxy) is 3. The van der Waals surface area contributed by atoms with E-state index in [1.807, 2.05) is 36.4 Å². The number of imidazole rings is 2. The van der Waals surface area contributed by atoms with Crippen molar-refractivity contribution in [2.75, 3.05) is 32.8 Å². The molecule has 4 aromatic rings. The van der Waals surface area contributed by atoms with Crippen LogP contribution in [0.15, 0.2) is 48.9 Å². The van der Waals surface area contributed by atoms with Gasteiger partial charge in [0.05, 0.1) is 26.2 Å². The Bertz CT molecular complexity index is 1150. The van der Waals surface area contributed by atoms with Gasteiger partial charge in [-0.05, 0) is 29.8 Å². The molecule has 2 heterocycles. The fraction of sp³-hybridized carbons (Fsp3) is 0.190. The predicted octanol–water partition coefficient (Wildman–Crippen LogP) is 3.24. The predicted molar refractivity (Wildman–Crippen MR) is 112 cm³/mol. The third-order valence-electron chi connectivity index (χ3n) is 4.50. The monoisotopic (exact) mass is 407 g/mol. The minimum atomic E-state index is -0.347. The first-order chi connectivity index (χ1) is 14.7. The number of anilines is 1. The number of nitrogens with zero attached hydrogens (tertiary/aromatic N) is 2. The molecule has 9 heteroatoms. The first-order valence-electron chi connectivity index (χ1n) is 9.28. The molecule has 2 aromatic carbocycles. The molecule has 0 aliphatic heterocycles. The van der Waals surface area contributed by atoms with Crippen molar-refractivity contribution in [2.24, 2.45) is 0 Å². The highest BCUT2D eigenvalue weighted by atomic mass is 16.5. The Labute approximate surface area is 172 Å². The largest absolute Gasteiger partial charge is 0.494 e. The van der Waals surface area contributed by atoms with E-state index in [0.717, 1.165) is 16.9 Å². The number of hydrogen-bond donors (Lipinski definition) is 3. The SMILES string of the molecule is COCCOc1cccc(-c2ccc(OC)c3[nH]c(NC(=O)c4cnc[nH]4)nc23)c1. The topological polar surface area (TPSA) is 114 Å². The molecule has 0 bridgehead atoms. The average Bonchev–Trinajstić information content (AvgIpc) is 3.43. The molecule has 1 amide bonds. The van der Waals surface area contributed by atoms with Crippen LogP contribution in [0.5, 0.6) is 11.5 Å². The van der Waals surface area contributed by atoms with Gasteiger partial charge in [-0.3, -0.25) is 10.1 Å². The summed E-state index contributed by atoms with van der Waals surface area (Å²) in [5.41, 5.74) is 3.49. The maximum atomic E-state index is 12.3. The molecule has 0 atom stereocenters. The zero-order valence-electron chi connectivity index (χ0n) is 16.6. The third-order valence-corrected chi connectivity index (χ3v) is 4.50. The molecule has 0 saturated carbocycles. The summed E-state index contributed by atoms with van der Waals surface area (Å²) in [6, 6.07) is 11.5. The van der Waals surface area contributed by atoms with Crippen LogP contribution in [0, 0.1) is 0 Å². The summed E-state index contributed by atoms with van der Waals surface area (Å²) < 4.78 is 16.2. The molecule has 0 saturated heterocycles. The molecule has 0 aliphatic carbocycles. The van der Waals surface area contributed by atoms with Crippen LogP contribution in [0.1, 0.15) is 10.5 Å². The summed E-state index contributed by atoms with van der Waals surface area (Å²) in [7, 11) is 3.22. The lowest BCUT2D eigenvalue weighted by Gasteiger charge is -2.09. The van der Waals surface area contributed by atoms with Crippen LogP contribution in [0.4, 0.5) is 5.95 Å². The fourth-order valence-corrected chi connectivity index (χ4v) is 3.08. The number of methoxy groups -OCH3 is 2. The van der Waals surface area contributed by atoms with Crippen molar-refractivity contribution in [3.8, 4) is 22.6 Å². The minimum absolute atomic E-state index is 0.308. The van der Waals surface area contributed by atoms with E-state index < -0.39 is 0 Å². The Kier molecular flexibility index (Phi) is 5.62. The van der Waals surface area contributed by atoms with Gasteiger partial charge in [0, 0.05) is 12.7 Å². The van der Waals surface area contributed by atoms with E-state index in [9.17, 15) is 4.79 Å². The van der Waals surface area contributed by atoms with Crippen LogP contribution in [-0.2, 0) is 4.74 Å². The molecule has 2 aromatic heterocycles.